The van der Waals surface area contributed by atoms with Crippen LogP contribution in [-0.4, -0.2) is 37.5 Å². The zero-order valence-electron chi connectivity index (χ0n) is 13.1. The van der Waals surface area contributed by atoms with Crippen molar-refractivity contribution >= 4 is 45.9 Å². The van der Waals surface area contributed by atoms with E-state index in [0.717, 1.165) is 4.34 Å². The number of hydrogen-bond donors (Lipinski definition) is 2. The number of carbonyl (C=O) groups excluding carboxylic acids is 2. The van der Waals surface area contributed by atoms with Gasteiger partial charge in [0.05, 0.1) is 6.07 Å². The first-order chi connectivity index (χ1) is 12.1. The molecule has 9 nitrogen and oxygen atoms in total. The third-order valence-corrected chi connectivity index (χ3v) is 4.67. The van der Waals surface area contributed by atoms with Crippen LogP contribution >= 0.6 is 23.1 Å². The number of nitrogens with one attached hydrogen (secondary N) is 2. The summed E-state index contributed by atoms with van der Waals surface area (Å²) in [7, 11) is 0. The number of nitriles is 1. The molecule has 0 fully saturated rings. The summed E-state index contributed by atoms with van der Waals surface area (Å²) in [6.45, 7) is 3.72. The number of amides is 2. The molecule has 0 bridgehead atoms. The summed E-state index contributed by atoms with van der Waals surface area (Å²) in [4.78, 5) is 23.7. The van der Waals surface area contributed by atoms with Gasteiger partial charge in [-0.05, 0) is 0 Å². The summed E-state index contributed by atoms with van der Waals surface area (Å²) < 4.78 is 2.14. The van der Waals surface area contributed by atoms with E-state index in [-0.39, 0.29) is 31.2 Å². The molecule has 2 N–H and O–H groups in total. The fraction of sp³-hybridized carbons (Fsp3) is 0.286. The van der Waals surface area contributed by atoms with Crippen LogP contribution in [0, 0.1) is 11.3 Å². The average Bonchev–Trinajstić information content (AvgIpc) is 3.21. The highest BCUT2D eigenvalue weighted by molar-refractivity contribution is 8.01. The van der Waals surface area contributed by atoms with Gasteiger partial charge in [0.1, 0.15) is 6.54 Å². The number of nitrogens with zero attached hydrogens (tertiary/aromatic N) is 5. The Balaban J connectivity index is 1.73. The zero-order chi connectivity index (χ0) is 18.1. The van der Waals surface area contributed by atoms with Crippen LogP contribution in [0.5, 0.6) is 0 Å². The van der Waals surface area contributed by atoms with Crippen molar-refractivity contribution in [2.24, 2.45) is 0 Å². The molecule has 2 heterocycles. The Morgan fingerprint density at radius 2 is 2.12 bits per heavy atom. The van der Waals surface area contributed by atoms with Crippen LogP contribution < -0.4 is 10.6 Å². The lowest BCUT2D eigenvalue weighted by molar-refractivity contribution is -0.121. The van der Waals surface area contributed by atoms with Crippen LogP contribution in [0.15, 0.2) is 29.3 Å². The highest BCUT2D eigenvalue weighted by Crippen LogP contribution is 2.25. The van der Waals surface area contributed by atoms with Crippen LogP contribution in [0.2, 0.25) is 0 Å². The fourth-order valence-electron chi connectivity index (χ4n) is 1.65. The van der Waals surface area contributed by atoms with Gasteiger partial charge in [0.2, 0.25) is 16.9 Å². The maximum atomic E-state index is 11.9. The van der Waals surface area contributed by atoms with E-state index in [4.69, 9.17) is 5.26 Å². The summed E-state index contributed by atoms with van der Waals surface area (Å²) in [6, 6.07) is 3.53. The number of carbonyl (C=O) groups is 2. The Bertz CT molecular complexity index is 793. The predicted octanol–water partition coefficient (Wildman–Crippen LogP) is 1.89. The van der Waals surface area contributed by atoms with E-state index in [9.17, 15) is 9.59 Å². The molecule has 0 saturated heterocycles. The zero-order valence-corrected chi connectivity index (χ0v) is 14.8. The molecular formula is C14H15N7O2S2. The van der Waals surface area contributed by atoms with Crippen LogP contribution in [-0.2, 0) is 16.1 Å². The molecular weight excluding hydrogens is 362 g/mol. The molecule has 0 radical (unpaired) electrons. The highest BCUT2D eigenvalue weighted by Gasteiger charge is 2.11. The van der Waals surface area contributed by atoms with Gasteiger partial charge in [-0.15, -0.1) is 16.8 Å². The first kappa shape index (κ1) is 18.6. The molecule has 0 unspecified atom stereocenters. The van der Waals surface area contributed by atoms with Gasteiger partial charge in [-0.3, -0.25) is 14.3 Å². The Hall–Kier alpha value is -2.71. The number of anilines is 2. The minimum Gasteiger partial charge on any atom is -0.309 e. The molecule has 0 spiro atoms. The Morgan fingerprint density at radius 1 is 1.36 bits per heavy atom. The van der Waals surface area contributed by atoms with Crippen LogP contribution in [0.4, 0.5) is 10.9 Å². The maximum Gasteiger partial charge on any atom is 0.226 e. The third-order valence-electron chi connectivity index (χ3n) is 2.70. The van der Waals surface area contributed by atoms with E-state index >= 15 is 0 Å². The van der Waals surface area contributed by atoms with Gasteiger partial charge < -0.3 is 10.6 Å². The van der Waals surface area contributed by atoms with Crippen molar-refractivity contribution in [3.8, 4) is 6.07 Å². The third kappa shape index (κ3) is 6.36. The lowest BCUT2D eigenvalue weighted by atomic mass is 10.3. The lowest BCUT2D eigenvalue weighted by Gasteiger charge is -2.02. The van der Waals surface area contributed by atoms with E-state index in [1.54, 1.807) is 18.3 Å². The Labute approximate surface area is 152 Å². The van der Waals surface area contributed by atoms with E-state index < -0.39 is 0 Å². The minimum absolute atomic E-state index is 0.00776. The summed E-state index contributed by atoms with van der Waals surface area (Å²) >= 11 is 2.74. The maximum absolute atomic E-state index is 11.9. The number of thioether (sulfide) groups is 1. The van der Waals surface area contributed by atoms with Crippen molar-refractivity contribution in [1.82, 2.24) is 20.0 Å². The van der Waals surface area contributed by atoms with Crippen molar-refractivity contribution in [3.05, 3.63) is 24.9 Å². The molecule has 11 heteroatoms. The molecule has 0 aliphatic rings. The smallest absolute Gasteiger partial charge is 0.226 e. The molecule has 130 valence electrons. The van der Waals surface area contributed by atoms with Crippen molar-refractivity contribution in [2.75, 3.05) is 16.4 Å². The first-order valence-electron chi connectivity index (χ1n) is 7.18. The normalized spacial score (nSPS) is 10.0. The monoisotopic (exact) mass is 377 g/mol. The second-order valence-corrected chi connectivity index (χ2v) is 6.87. The molecule has 25 heavy (non-hydrogen) atoms. The number of aromatic nitrogens is 4. The van der Waals surface area contributed by atoms with Gasteiger partial charge in [0.25, 0.3) is 0 Å². The van der Waals surface area contributed by atoms with Crippen LogP contribution in [0.1, 0.15) is 12.8 Å². The number of hydrogen-bond acceptors (Lipinski definition) is 8. The van der Waals surface area contributed by atoms with Gasteiger partial charge in [-0.25, -0.2) is 0 Å². The summed E-state index contributed by atoms with van der Waals surface area (Å²) in [6.07, 6.45) is 3.36. The highest BCUT2D eigenvalue weighted by atomic mass is 32.2. The van der Waals surface area contributed by atoms with E-state index in [1.807, 2.05) is 6.07 Å². The second kappa shape index (κ2) is 9.55. The molecule has 2 aromatic heterocycles. The average molecular weight is 377 g/mol. The molecule has 0 aliphatic heterocycles. The van der Waals surface area contributed by atoms with E-state index in [2.05, 4.69) is 32.5 Å². The quantitative estimate of drug-likeness (QED) is 0.388. The Morgan fingerprint density at radius 3 is 2.84 bits per heavy atom. The first-order valence-corrected chi connectivity index (χ1v) is 8.98. The van der Waals surface area contributed by atoms with E-state index in [1.165, 1.54) is 27.8 Å². The largest absolute Gasteiger partial charge is 0.309 e. The molecule has 2 rings (SSSR count). The fourth-order valence-corrected chi connectivity index (χ4v) is 3.18. The van der Waals surface area contributed by atoms with Gasteiger partial charge in [0, 0.05) is 30.9 Å². The van der Waals surface area contributed by atoms with Crippen molar-refractivity contribution in [2.45, 2.75) is 23.7 Å². The van der Waals surface area contributed by atoms with Crippen LogP contribution in [0.3, 0.4) is 0 Å². The molecule has 0 saturated carbocycles. The predicted molar refractivity (Wildman–Crippen MR) is 95.2 cm³/mol. The lowest BCUT2D eigenvalue weighted by Crippen LogP contribution is -2.17. The van der Waals surface area contributed by atoms with E-state index in [0.29, 0.717) is 16.7 Å². The molecule has 0 aliphatic carbocycles. The van der Waals surface area contributed by atoms with Gasteiger partial charge >= 0.3 is 0 Å². The SMILES string of the molecule is C=CCSc1nnc(NC(=O)CCC(=O)Nc2ccn(CC#N)n2)s1. The van der Waals surface area contributed by atoms with Crippen molar-refractivity contribution in [1.29, 1.82) is 5.26 Å². The molecule has 2 amide bonds. The summed E-state index contributed by atoms with van der Waals surface area (Å²) in [5.41, 5.74) is 0. The Kier molecular flexibility index (Phi) is 7.12. The van der Waals surface area contributed by atoms with Gasteiger partial charge in [-0.2, -0.15) is 10.4 Å². The molecule has 0 atom stereocenters. The number of rotatable bonds is 9. The standard InChI is InChI=1S/C14H15N7O2S2/c1-2-9-24-14-19-18-13(25-14)17-12(23)4-3-11(22)16-10-5-7-21(20-10)8-6-15/h2,5,7H,1,3-4,8-9H2,(H,16,20,22)(H,17,18,23). The van der Waals surface area contributed by atoms with Crippen molar-refractivity contribution in [3.63, 3.8) is 0 Å². The van der Waals surface area contributed by atoms with Gasteiger partial charge in [0.15, 0.2) is 10.2 Å². The van der Waals surface area contributed by atoms with Gasteiger partial charge in [-0.1, -0.05) is 29.2 Å². The second-order valence-electron chi connectivity index (χ2n) is 4.63. The topological polar surface area (TPSA) is 126 Å². The summed E-state index contributed by atoms with van der Waals surface area (Å²) in [5.74, 6) is 0.402. The molecule has 2 aromatic rings. The van der Waals surface area contributed by atoms with Crippen molar-refractivity contribution < 1.29 is 9.59 Å². The molecule has 0 aromatic carbocycles. The summed E-state index contributed by atoms with van der Waals surface area (Å²) in [5, 5.41) is 25.9. The van der Waals surface area contributed by atoms with Crippen LogP contribution in [0.25, 0.3) is 0 Å². The minimum atomic E-state index is -0.336.